The first kappa shape index (κ1) is 29.1. The first-order valence-electron chi connectivity index (χ1n) is 12.5. The number of carbonyl (C=O) groups is 3. The lowest BCUT2D eigenvalue weighted by Crippen LogP contribution is -2.58. The summed E-state index contributed by atoms with van der Waals surface area (Å²) in [4.78, 5) is 38.0. The van der Waals surface area contributed by atoms with Crippen molar-refractivity contribution in [3.8, 4) is 5.75 Å². The van der Waals surface area contributed by atoms with Crippen molar-refractivity contribution in [1.82, 2.24) is 5.32 Å². The second kappa shape index (κ2) is 10.6. The van der Waals surface area contributed by atoms with Crippen molar-refractivity contribution in [3.05, 3.63) is 74.5 Å². The van der Waals surface area contributed by atoms with E-state index >= 15 is 0 Å². The van der Waals surface area contributed by atoms with Gasteiger partial charge in [0.15, 0.2) is 11.4 Å². The van der Waals surface area contributed by atoms with E-state index < -0.39 is 52.0 Å². The molecule has 3 atom stereocenters. The summed E-state index contributed by atoms with van der Waals surface area (Å²) in [5, 5.41) is 51.6. The van der Waals surface area contributed by atoms with Crippen LogP contribution in [0, 0.1) is 11.8 Å². The molecule has 0 saturated heterocycles. The van der Waals surface area contributed by atoms with Crippen LogP contribution in [0.1, 0.15) is 45.4 Å². The maximum Gasteiger partial charge on any atom is 0.255 e. The minimum absolute atomic E-state index is 0. The van der Waals surface area contributed by atoms with E-state index in [1.807, 2.05) is 12.1 Å². The van der Waals surface area contributed by atoms with Gasteiger partial charge >= 0.3 is 0 Å². The summed E-state index contributed by atoms with van der Waals surface area (Å²) in [6.45, 7) is 0.715. The lowest BCUT2D eigenvalue weighted by atomic mass is 9.59. The molecule has 0 aromatic heterocycles. The number of hydrogen-bond acceptors (Lipinski definition) is 9. The van der Waals surface area contributed by atoms with Gasteiger partial charge in [0.25, 0.3) is 5.91 Å². The van der Waals surface area contributed by atoms with Crippen molar-refractivity contribution in [1.29, 1.82) is 0 Å². The summed E-state index contributed by atoms with van der Waals surface area (Å²) in [5.41, 5.74) is 4.37. The Morgan fingerprint density at radius 2 is 1.82 bits per heavy atom. The SMILES string of the molecule is C.CNc1cc(CNCc2ccc(Cl)cc2)c(O)c2c1CC1CC3CC(=O)C(C(N)=O)=C(O)[C@@]3(O)C(=O)C1=C2O.[HH].[HH]. The van der Waals surface area contributed by atoms with Crippen LogP contribution in [0.2, 0.25) is 5.02 Å². The first-order valence-corrected chi connectivity index (χ1v) is 12.8. The summed E-state index contributed by atoms with van der Waals surface area (Å²) in [5.74, 6) is -6.46. The number of ketones is 2. The molecule has 40 heavy (non-hydrogen) atoms. The van der Waals surface area contributed by atoms with Gasteiger partial charge in [-0.05, 0) is 48.1 Å². The molecule has 8 N–H and O–H groups in total. The molecule has 0 spiro atoms. The quantitative estimate of drug-likeness (QED) is 0.201. The highest BCUT2D eigenvalue weighted by Gasteiger charge is 2.60. The van der Waals surface area contributed by atoms with Crippen LogP contribution in [-0.2, 0) is 33.9 Å². The average molecular weight is 574 g/mol. The van der Waals surface area contributed by atoms with Crippen LogP contribution in [0.15, 0.2) is 47.2 Å². The van der Waals surface area contributed by atoms with Gasteiger partial charge < -0.3 is 36.8 Å². The number of aromatic hydroxyl groups is 1. The van der Waals surface area contributed by atoms with Gasteiger partial charge in [0.2, 0.25) is 5.78 Å². The number of hydrogen-bond donors (Lipinski definition) is 7. The number of carbonyl (C=O) groups excluding carboxylic acids is 3. The molecule has 0 radical (unpaired) electrons. The van der Waals surface area contributed by atoms with Crippen LogP contribution >= 0.6 is 11.6 Å². The molecular formula is C29H36ClN3O7. The third-order valence-corrected chi connectivity index (χ3v) is 8.22. The first-order chi connectivity index (χ1) is 18.5. The van der Waals surface area contributed by atoms with Crippen LogP contribution in [-0.4, -0.2) is 50.5 Å². The summed E-state index contributed by atoms with van der Waals surface area (Å²) in [6.07, 6.45) is -0.0435. The number of anilines is 1. The van der Waals surface area contributed by atoms with Crippen LogP contribution in [0.3, 0.4) is 0 Å². The molecule has 11 heteroatoms. The van der Waals surface area contributed by atoms with E-state index in [2.05, 4.69) is 10.6 Å². The van der Waals surface area contributed by atoms with E-state index in [0.29, 0.717) is 28.4 Å². The fourth-order valence-corrected chi connectivity index (χ4v) is 6.17. The molecular weight excluding hydrogens is 538 g/mol. The number of benzene rings is 2. The van der Waals surface area contributed by atoms with Gasteiger partial charge in [-0.25, -0.2) is 0 Å². The Morgan fingerprint density at radius 1 is 1.15 bits per heavy atom. The van der Waals surface area contributed by atoms with E-state index in [-0.39, 0.29) is 53.0 Å². The predicted octanol–water partition coefficient (Wildman–Crippen LogP) is 3.54. The number of rotatable bonds is 6. The molecule has 2 aromatic carbocycles. The highest BCUT2D eigenvalue weighted by molar-refractivity contribution is 6.30. The number of phenolic OH excluding ortho intramolecular Hbond substituents is 1. The van der Waals surface area contributed by atoms with Gasteiger partial charge in [-0.3, -0.25) is 14.4 Å². The van der Waals surface area contributed by atoms with Crippen molar-refractivity contribution < 1.29 is 37.7 Å². The van der Waals surface area contributed by atoms with E-state index in [4.69, 9.17) is 17.3 Å². The third-order valence-electron chi connectivity index (χ3n) is 7.97. The fraction of sp³-hybridized carbons (Fsp3) is 0.345. The van der Waals surface area contributed by atoms with Crippen LogP contribution in [0.5, 0.6) is 5.75 Å². The third kappa shape index (κ3) is 4.42. The van der Waals surface area contributed by atoms with Crippen molar-refractivity contribution in [3.63, 3.8) is 0 Å². The number of phenols is 1. The molecule has 10 nitrogen and oxygen atoms in total. The summed E-state index contributed by atoms with van der Waals surface area (Å²) < 4.78 is 0. The molecule has 2 unspecified atom stereocenters. The molecule has 1 saturated carbocycles. The molecule has 5 rings (SSSR count). The summed E-state index contributed by atoms with van der Waals surface area (Å²) >= 11 is 5.94. The average Bonchev–Trinajstić information content (AvgIpc) is 2.88. The number of primary amides is 1. The van der Waals surface area contributed by atoms with Crippen molar-refractivity contribution in [2.24, 2.45) is 17.6 Å². The number of nitrogens with two attached hydrogens (primary N) is 1. The van der Waals surface area contributed by atoms with Crippen LogP contribution in [0.4, 0.5) is 5.69 Å². The Morgan fingerprint density at radius 3 is 2.45 bits per heavy atom. The molecule has 1 amide bonds. The largest absolute Gasteiger partial charge is 0.508 e. The van der Waals surface area contributed by atoms with Crippen molar-refractivity contribution in [2.45, 2.75) is 45.4 Å². The number of halogens is 1. The van der Waals surface area contributed by atoms with E-state index in [1.165, 1.54) is 0 Å². The number of amides is 1. The Labute approximate surface area is 239 Å². The lowest BCUT2D eigenvalue weighted by Gasteiger charge is -2.46. The molecule has 0 aliphatic heterocycles. The van der Waals surface area contributed by atoms with Crippen molar-refractivity contribution >= 4 is 40.5 Å². The Balaban J connectivity index is 0.00000205. The van der Waals surface area contributed by atoms with Crippen molar-refractivity contribution in [2.75, 3.05) is 12.4 Å². The number of aliphatic hydroxyl groups is 3. The minimum atomic E-state index is -2.59. The zero-order valence-electron chi connectivity index (χ0n) is 21.0. The van der Waals surface area contributed by atoms with Crippen LogP contribution < -0.4 is 16.4 Å². The van der Waals surface area contributed by atoms with Gasteiger partial charge in [0.1, 0.15) is 22.8 Å². The van der Waals surface area contributed by atoms with Crippen LogP contribution in [0.25, 0.3) is 5.76 Å². The lowest BCUT2D eigenvalue weighted by molar-refractivity contribution is -0.147. The van der Waals surface area contributed by atoms with E-state index in [0.717, 1.165) is 5.56 Å². The van der Waals surface area contributed by atoms with Gasteiger partial charge in [0, 0.05) is 57.2 Å². The maximum atomic E-state index is 13.7. The van der Waals surface area contributed by atoms with E-state index in [9.17, 15) is 34.8 Å². The fourth-order valence-electron chi connectivity index (χ4n) is 6.05. The second-order valence-electron chi connectivity index (χ2n) is 10.2. The van der Waals surface area contributed by atoms with Gasteiger partial charge in [-0.1, -0.05) is 31.2 Å². The molecule has 1 fully saturated rings. The molecule has 0 bridgehead atoms. The minimum Gasteiger partial charge on any atom is -0.508 e. The number of aliphatic hydroxyl groups excluding tert-OH is 2. The van der Waals surface area contributed by atoms with Gasteiger partial charge in [-0.2, -0.15) is 0 Å². The smallest absolute Gasteiger partial charge is 0.255 e. The monoisotopic (exact) mass is 573 g/mol. The predicted molar refractivity (Wildman–Crippen MR) is 154 cm³/mol. The standard InChI is InChI=1S/C28H28ClN3O7.CH4.2H2/c1-31-18-8-14(11-32-10-12-2-4-16(29)5-3-12)23(34)21-17(18)7-13-6-15-9-19(33)22(27(30)38)26(37)28(15,39)25(36)20(13)24(21)35;;;/h2-5,8,13,15,31-32,34-35,37,39H,6-7,9-11H2,1H3,(H2,30,38);1H4;2*1H/t13?,15?,28-;;;/m0.../s1. The second-order valence-corrected chi connectivity index (χ2v) is 10.6. The maximum absolute atomic E-state index is 13.7. The molecule has 0 heterocycles. The zero-order valence-corrected chi connectivity index (χ0v) is 21.8. The van der Waals surface area contributed by atoms with E-state index in [1.54, 1.807) is 25.2 Å². The highest BCUT2D eigenvalue weighted by atomic mass is 35.5. The topological polar surface area (TPSA) is 182 Å². The molecule has 3 aliphatic carbocycles. The Hall–Kier alpha value is -3.86. The van der Waals surface area contributed by atoms with Gasteiger partial charge in [0.05, 0.1) is 5.56 Å². The Bertz CT molecular complexity index is 1490. The van der Waals surface area contributed by atoms with Gasteiger partial charge in [-0.15, -0.1) is 0 Å². The number of nitrogens with one attached hydrogen (secondary N) is 2. The Kier molecular flexibility index (Phi) is 7.72. The zero-order chi connectivity index (χ0) is 28.2. The molecule has 216 valence electrons. The number of fused-ring (bicyclic) bond motifs is 3. The highest BCUT2D eigenvalue weighted by Crippen LogP contribution is 2.53. The summed E-state index contributed by atoms with van der Waals surface area (Å²) in [7, 11) is 1.70. The number of Topliss-reactive ketones (excluding diaryl/α,β-unsaturated/α-hetero) is 2. The summed E-state index contributed by atoms with van der Waals surface area (Å²) in [6, 6.07) is 9.05. The molecule has 3 aliphatic rings. The normalized spacial score (nSPS) is 23.7. The molecule has 2 aromatic rings.